The van der Waals surface area contributed by atoms with E-state index in [0.717, 1.165) is 24.3 Å². The summed E-state index contributed by atoms with van der Waals surface area (Å²) in [4.78, 5) is 0. The van der Waals surface area contributed by atoms with Gasteiger partial charge in [-0.1, -0.05) is 0 Å². The molecule has 2 N–H and O–H groups in total. The third-order valence-electron chi connectivity index (χ3n) is 2.68. The van der Waals surface area contributed by atoms with Gasteiger partial charge in [-0.3, -0.25) is 4.21 Å². The quantitative estimate of drug-likeness (QED) is 0.545. The van der Waals surface area contributed by atoms with Gasteiger partial charge in [-0.15, -0.1) is 0 Å². The third kappa shape index (κ3) is 1.01. The first-order valence-electron chi connectivity index (χ1n) is 3.86. The lowest BCUT2D eigenvalue weighted by atomic mass is 10.0. The van der Waals surface area contributed by atoms with Crippen molar-refractivity contribution in [2.24, 2.45) is 17.6 Å². The fourth-order valence-corrected chi connectivity index (χ4v) is 4.12. The number of nitrogens with two attached hydrogens (primary N) is 1. The van der Waals surface area contributed by atoms with Crippen molar-refractivity contribution in [2.75, 3.05) is 11.5 Å². The Morgan fingerprint density at radius 1 is 1.20 bits per heavy atom. The van der Waals surface area contributed by atoms with E-state index in [1.807, 2.05) is 0 Å². The van der Waals surface area contributed by atoms with Gasteiger partial charge in [0.1, 0.15) is 0 Å². The first-order valence-corrected chi connectivity index (χ1v) is 5.35. The smallest absolute Gasteiger partial charge is 0.0266 e. The minimum absolute atomic E-state index is 0.410. The monoisotopic (exact) mass is 159 g/mol. The second-order valence-corrected chi connectivity index (χ2v) is 5.07. The first kappa shape index (κ1) is 6.80. The summed E-state index contributed by atoms with van der Waals surface area (Å²) in [7, 11) is -0.502. The van der Waals surface area contributed by atoms with Crippen molar-refractivity contribution in [3.8, 4) is 0 Å². The van der Waals surface area contributed by atoms with E-state index in [-0.39, 0.29) is 0 Å². The zero-order chi connectivity index (χ0) is 7.14. The van der Waals surface area contributed by atoms with Crippen LogP contribution >= 0.6 is 0 Å². The van der Waals surface area contributed by atoms with Crippen molar-refractivity contribution >= 4 is 10.8 Å². The van der Waals surface area contributed by atoms with Crippen LogP contribution in [0.4, 0.5) is 0 Å². The molecule has 0 aromatic heterocycles. The zero-order valence-electron chi connectivity index (χ0n) is 5.95. The van der Waals surface area contributed by atoms with E-state index in [0.29, 0.717) is 17.9 Å². The second kappa shape index (κ2) is 2.31. The maximum absolute atomic E-state index is 11.0. The van der Waals surface area contributed by atoms with E-state index < -0.39 is 10.8 Å². The predicted molar refractivity (Wildman–Crippen MR) is 42.1 cm³/mol. The molecule has 1 aliphatic heterocycles. The zero-order valence-corrected chi connectivity index (χ0v) is 6.77. The highest BCUT2D eigenvalue weighted by molar-refractivity contribution is 7.85. The maximum Gasteiger partial charge on any atom is 0.0266 e. The molecule has 2 atom stereocenters. The van der Waals surface area contributed by atoms with E-state index >= 15 is 0 Å². The molecule has 2 unspecified atom stereocenters. The Kier molecular flexibility index (Phi) is 1.57. The van der Waals surface area contributed by atoms with Crippen LogP contribution in [0.5, 0.6) is 0 Å². The molecule has 0 amide bonds. The topological polar surface area (TPSA) is 43.1 Å². The predicted octanol–water partition coefficient (Wildman–Crippen LogP) is 0.102. The van der Waals surface area contributed by atoms with Crippen molar-refractivity contribution in [1.29, 1.82) is 0 Å². The van der Waals surface area contributed by atoms with Crippen LogP contribution < -0.4 is 5.73 Å². The van der Waals surface area contributed by atoms with E-state index in [4.69, 9.17) is 5.73 Å². The lowest BCUT2D eigenvalue weighted by molar-refractivity contribution is 0.494. The summed E-state index contributed by atoms with van der Waals surface area (Å²) >= 11 is 0. The number of hydrogen-bond donors (Lipinski definition) is 1. The SMILES string of the molecule is NC1CC2CS(=O)CC2C1. The number of rotatable bonds is 0. The molecule has 1 saturated carbocycles. The molecule has 3 heteroatoms. The van der Waals surface area contributed by atoms with Crippen LogP contribution in [-0.4, -0.2) is 21.8 Å². The lowest BCUT2D eigenvalue weighted by Crippen LogP contribution is -2.17. The van der Waals surface area contributed by atoms with E-state index in [1.54, 1.807) is 0 Å². The van der Waals surface area contributed by atoms with Gasteiger partial charge in [0.25, 0.3) is 0 Å². The molecule has 1 aliphatic carbocycles. The Morgan fingerprint density at radius 3 is 2.20 bits per heavy atom. The fraction of sp³-hybridized carbons (Fsp3) is 1.00. The molecule has 2 aliphatic rings. The van der Waals surface area contributed by atoms with E-state index in [9.17, 15) is 4.21 Å². The standard InChI is InChI=1S/C7H13NOS/c8-7-1-5-3-10(9)4-6(5)2-7/h5-7H,1-4,8H2. The molecule has 2 fully saturated rings. The Morgan fingerprint density at radius 2 is 1.70 bits per heavy atom. The summed E-state index contributed by atoms with van der Waals surface area (Å²) in [6.45, 7) is 0. The van der Waals surface area contributed by atoms with Crippen LogP contribution in [0.15, 0.2) is 0 Å². The number of fused-ring (bicyclic) bond motifs is 1. The highest BCUT2D eigenvalue weighted by Gasteiger charge is 2.39. The van der Waals surface area contributed by atoms with Gasteiger partial charge in [0.05, 0.1) is 0 Å². The Bertz CT molecular complexity index is 155. The minimum atomic E-state index is -0.502. The van der Waals surface area contributed by atoms with Crippen LogP contribution in [0.1, 0.15) is 12.8 Å². The van der Waals surface area contributed by atoms with Crippen LogP contribution in [0.25, 0.3) is 0 Å². The van der Waals surface area contributed by atoms with Crippen molar-refractivity contribution in [3.63, 3.8) is 0 Å². The Balaban J connectivity index is 2.06. The molecule has 1 saturated heterocycles. The van der Waals surface area contributed by atoms with Gasteiger partial charge >= 0.3 is 0 Å². The molecule has 10 heavy (non-hydrogen) atoms. The van der Waals surface area contributed by atoms with Gasteiger partial charge in [0.2, 0.25) is 0 Å². The summed E-state index contributed by atoms with van der Waals surface area (Å²) in [5.41, 5.74) is 5.77. The molecule has 1 heterocycles. The van der Waals surface area contributed by atoms with Gasteiger partial charge < -0.3 is 5.73 Å². The molecule has 58 valence electrons. The normalized spacial score (nSPS) is 53.3. The molecular weight excluding hydrogens is 146 g/mol. The fourth-order valence-electron chi connectivity index (χ4n) is 2.21. The molecule has 0 bridgehead atoms. The van der Waals surface area contributed by atoms with Crippen molar-refractivity contribution in [3.05, 3.63) is 0 Å². The van der Waals surface area contributed by atoms with Gasteiger partial charge in [0.15, 0.2) is 0 Å². The van der Waals surface area contributed by atoms with Gasteiger partial charge in [-0.2, -0.15) is 0 Å². The summed E-state index contributed by atoms with van der Waals surface area (Å²) in [5.74, 6) is 3.27. The molecular formula is C7H13NOS. The molecule has 0 radical (unpaired) electrons. The van der Waals surface area contributed by atoms with Crippen LogP contribution in [-0.2, 0) is 10.8 Å². The molecule has 0 aromatic carbocycles. The van der Waals surface area contributed by atoms with Crippen molar-refractivity contribution in [1.82, 2.24) is 0 Å². The summed E-state index contributed by atoms with van der Waals surface area (Å²) in [6, 6.07) is 0.410. The minimum Gasteiger partial charge on any atom is -0.328 e. The van der Waals surface area contributed by atoms with E-state index in [2.05, 4.69) is 0 Å². The molecule has 2 rings (SSSR count). The highest BCUT2D eigenvalue weighted by atomic mass is 32.2. The summed E-state index contributed by atoms with van der Waals surface area (Å²) in [5, 5.41) is 0. The van der Waals surface area contributed by atoms with Gasteiger partial charge in [-0.25, -0.2) is 0 Å². The average Bonchev–Trinajstić information content (AvgIpc) is 2.21. The van der Waals surface area contributed by atoms with E-state index in [1.165, 1.54) is 0 Å². The second-order valence-electron chi connectivity index (χ2n) is 3.52. The van der Waals surface area contributed by atoms with Crippen molar-refractivity contribution in [2.45, 2.75) is 18.9 Å². The third-order valence-corrected chi connectivity index (χ3v) is 4.28. The van der Waals surface area contributed by atoms with Gasteiger partial charge in [-0.05, 0) is 24.7 Å². The lowest BCUT2D eigenvalue weighted by Gasteiger charge is -2.02. The van der Waals surface area contributed by atoms with Crippen LogP contribution in [0.3, 0.4) is 0 Å². The van der Waals surface area contributed by atoms with Crippen LogP contribution in [0.2, 0.25) is 0 Å². The molecule has 0 aromatic rings. The highest BCUT2D eigenvalue weighted by Crippen LogP contribution is 2.36. The van der Waals surface area contributed by atoms with Crippen molar-refractivity contribution < 1.29 is 4.21 Å². The first-order chi connectivity index (χ1) is 4.75. The number of hydrogen-bond acceptors (Lipinski definition) is 2. The summed E-state index contributed by atoms with van der Waals surface area (Å²) in [6.07, 6.45) is 2.24. The molecule has 0 spiro atoms. The maximum atomic E-state index is 11.0. The largest absolute Gasteiger partial charge is 0.328 e. The Hall–Kier alpha value is 0.110. The summed E-state index contributed by atoms with van der Waals surface area (Å²) < 4.78 is 11.0. The van der Waals surface area contributed by atoms with Crippen LogP contribution in [0, 0.1) is 11.8 Å². The Labute approximate surface area is 63.6 Å². The average molecular weight is 159 g/mol. The van der Waals surface area contributed by atoms with Gasteiger partial charge in [0, 0.05) is 28.3 Å². The molecule has 2 nitrogen and oxygen atoms in total.